The molecule has 3 aliphatic rings. The summed E-state index contributed by atoms with van der Waals surface area (Å²) < 4.78 is 44.3. The number of nitrogens with zero attached hydrogens (tertiary/aromatic N) is 3. The molecule has 1 aromatic heterocycles. The van der Waals surface area contributed by atoms with E-state index in [-0.39, 0.29) is 279 Å². The number of fused-ring (bicyclic) bond motifs is 5. The molecule has 1 aromatic rings. The fourth-order valence-electron chi connectivity index (χ4n) is 8.16. The number of cyclic esters (lactones) is 1. The number of esters is 1. The minimum absolute atomic E-state index is 0. The van der Waals surface area contributed by atoms with Crippen LogP contribution in [0.1, 0.15) is 87.3 Å². The second-order valence-electron chi connectivity index (χ2n) is 16.0. The molecule has 2 bridgehead atoms. The standard InChI is InChI=1S/C41H63N3O10.CH3.7Y/c1-14-33-41(10,47)37-27(6)26(5)23(2)18-40(9,50-22-31(21-49-37)43-51-20-30-16-15-24(3)42-19-30)36(28(7)34(45)29(8)38(46)53-33)54-39-35(48-13)32(44(11)12)17-25(4)52-39;;;;;;;;/h15-16,19,23,25,27-28,32-33,35-37,39,47H,3,5,14,17-18,20-22H2,1-2,4,6-13H3;1H3;;;;;;;/q-2;-1;;;;;;;/t23-,25-,27+,28+,32+,33-,35-,36-,37-,39+,40-,41-;;;;;;;;/m1......../s1/i;1T;;;;;;;. The van der Waals surface area contributed by atoms with Crippen molar-refractivity contribution in [3.63, 3.8) is 0 Å². The molecule has 12 atom stereocenters. The average molecular weight is 1400 g/mol. The Kier molecular flexibility index (Phi) is 41.3. The Bertz CT molecular complexity index is 1510. The molecular weight excluding hydrogens is 1330 g/mol. The monoisotopic (exact) mass is 1400 g/mol. The van der Waals surface area contributed by atoms with Gasteiger partial charge in [0.2, 0.25) is 0 Å². The van der Waals surface area contributed by atoms with Gasteiger partial charge in [0.1, 0.15) is 30.1 Å². The minimum atomic E-state index is -1.70. The van der Waals surface area contributed by atoms with E-state index in [4.69, 9.17) is 34.6 Å². The summed E-state index contributed by atoms with van der Waals surface area (Å²) >= 11 is 0. The first-order chi connectivity index (χ1) is 26.3. The van der Waals surface area contributed by atoms with Crippen LogP contribution in [0.5, 0.6) is 0 Å². The molecule has 1 N–H and O–H groups in total. The van der Waals surface area contributed by atoms with E-state index in [1.165, 1.54) is 6.92 Å². The van der Waals surface area contributed by atoms with E-state index in [1.54, 1.807) is 40.1 Å². The van der Waals surface area contributed by atoms with Crippen LogP contribution in [0.4, 0.5) is 0 Å². The van der Waals surface area contributed by atoms with Crippen molar-refractivity contribution in [3.8, 4) is 0 Å². The number of hydrogen-bond acceptors (Lipinski definition) is 13. The molecule has 4 rings (SSSR count). The maximum atomic E-state index is 14.4. The van der Waals surface area contributed by atoms with Crippen LogP contribution in [0.3, 0.4) is 0 Å². The zero-order chi connectivity index (χ0) is 42.1. The molecule has 3 fully saturated rings. The van der Waals surface area contributed by atoms with Crippen molar-refractivity contribution in [2.24, 2.45) is 22.9 Å². The van der Waals surface area contributed by atoms with Crippen molar-refractivity contribution < 1.29 is 278 Å². The Labute approximate surface area is 550 Å². The third-order valence-electron chi connectivity index (χ3n) is 11.5. The molecule has 0 saturated carbocycles. The summed E-state index contributed by atoms with van der Waals surface area (Å²) in [5, 5.41) is 16.7. The van der Waals surface area contributed by atoms with Crippen LogP contribution in [0.25, 0.3) is 0 Å². The van der Waals surface area contributed by atoms with Gasteiger partial charge in [-0.1, -0.05) is 45.0 Å². The summed E-state index contributed by atoms with van der Waals surface area (Å²) in [6.45, 7) is 22.8. The zero-order valence-electron chi connectivity index (χ0n) is 39.9. The fourth-order valence-corrected chi connectivity index (χ4v) is 8.16. The first-order valence-corrected chi connectivity index (χ1v) is 19.0. The number of carbonyl (C=O) groups excluding carboxylic acids is 2. The largest absolute Gasteiger partial charge is 0.481 e. The summed E-state index contributed by atoms with van der Waals surface area (Å²) in [6.07, 6.45) is -1.46. The predicted octanol–water partition coefficient (Wildman–Crippen LogP) is 5.31. The third-order valence-corrected chi connectivity index (χ3v) is 11.5. The van der Waals surface area contributed by atoms with Crippen LogP contribution in [0.2, 0.25) is 0 Å². The van der Waals surface area contributed by atoms with Crippen LogP contribution in [0, 0.1) is 38.0 Å². The van der Waals surface area contributed by atoms with E-state index in [9.17, 15) is 14.7 Å². The first kappa shape index (κ1) is 73.2. The Morgan fingerprint density at radius 2 is 1.68 bits per heavy atom. The molecule has 3 saturated heterocycles. The number of aromatic nitrogens is 1. The van der Waals surface area contributed by atoms with Gasteiger partial charge in [0.05, 0.1) is 37.1 Å². The van der Waals surface area contributed by atoms with Crippen molar-refractivity contribution >= 4 is 17.5 Å². The third kappa shape index (κ3) is 19.9. The Balaban J connectivity index is -0.00000123. The molecule has 20 heteroatoms. The maximum absolute atomic E-state index is 14.4. The summed E-state index contributed by atoms with van der Waals surface area (Å²) in [5.41, 5.74) is -0.297. The van der Waals surface area contributed by atoms with Crippen molar-refractivity contribution in [1.29, 1.82) is 0 Å². The van der Waals surface area contributed by atoms with Crippen LogP contribution < -0.4 is 0 Å². The molecule has 0 aliphatic carbocycles. The van der Waals surface area contributed by atoms with Gasteiger partial charge >= 0.3 is 0 Å². The second-order valence-corrected chi connectivity index (χ2v) is 16.0. The van der Waals surface area contributed by atoms with Gasteiger partial charge in [-0.15, -0.1) is 11.8 Å². The predicted molar refractivity (Wildman–Crippen MR) is 209 cm³/mol. The van der Waals surface area contributed by atoms with E-state index < -0.39 is 65.5 Å². The van der Waals surface area contributed by atoms with Crippen LogP contribution >= 0.6 is 0 Å². The van der Waals surface area contributed by atoms with Gasteiger partial charge in [-0.3, -0.25) is 9.78 Å². The topological polar surface area (TPSA) is 147 Å². The second kappa shape index (κ2) is 34.9. The number of ether oxygens (including phenoxy) is 6. The van der Waals surface area contributed by atoms with Gasteiger partial charge in [0.15, 0.2) is 12.3 Å². The quantitative estimate of drug-likeness (QED) is 0.156. The number of methoxy groups -OCH3 is 1. The summed E-state index contributed by atoms with van der Waals surface area (Å²) in [5.74, 6) is -2.98. The maximum Gasteiger partial charge on any atom is 0.186 e. The summed E-state index contributed by atoms with van der Waals surface area (Å²) in [6, 6.07) is 3.60. The molecule has 13 nitrogen and oxygen atoms in total. The number of aliphatic hydroxyl groups is 1. The molecule has 333 valence electrons. The molecular formula is C42H66N3O10Y7-3. The molecule has 0 amide bonds. The Morgan fingerprint density at radius 3 is 2.21 bits per heavy atom. The van der Waals surface area contributed by atoms with E-state index >= 15 is 0 Å². The van der Waals surface area contributed by atoms with Crippen molar-refractivity contribution in [1.82, 2.24) is 9.88 Å². The summed E-state index contributed by atoms with van der Waals surface area (Å²) in [4.78, 5) is 40.3. The van der Waals surface area contributed by atoms with Crippen molar-refractivity contribution in [2.75, 3.05) is 34.4 Å². The van der Waals surface area contributed by atoms with Gasteiger partial charge in [0.25, 0.3) is 0 Å². The molecule has 7 radical (unpaired) electrons. The molecule has 4 heterocycles. The number of oxime groups is 1. The van der Waals surface area contributed by atoms with E-state index in [0.29, 0.717) is 24.2 Å². The average Bonchev–Trinajstić information content (AvgIpc) is 3.18. The van der Waals surface area contributed by atoms with Gasteiger partial charge in [0, 0.05) is 266 Å². The molecule has 0 spiro atoms. The molecule has 0 aromatic carbocycles. The number of Topliss-reactive ketones (excluding diaryl/α,β-unsaturated/α-hetero) is 1. The van der Waals surface area contributed by atoms with Crippen LogP contribution in [0.15, 0.2) is 35.6 Å². The smallest absolute Gasteiger partial charge is 0.186 e. The number of carbonyl (C=O) groups is 2. The fraction of sp³-hybridized carbons (Fsp3) is 0.690. The van der Waals surface area contributed by atoms with Crippen molar-refractivity contribution in [3.05, 3.63) is 62.0 Å². The van der Waals surface area contributed by atoms with E-state index in [1.807, 2.05) is 47.9 Å². The number of ketones is 1. The Morgan fingerprint density at radius 1 is 1.06 bits per heavy atom. The first-order valence-electron chi connectivity index (χ1n) is 19.7. The summed E-state index contributed by atoms with van der Waals surface area (Å²) in [7, 11) is 8.09. The Hall–Kier alpha value is 4.69. The van der Waals surface area contributed by atoms with E-state index in [2.05, 4.69) is 35.9 Å². The van der Waals surface area contributed by atoms with Gasteiger partial charge in [-0.2, -0.15) is 13.0 Å². The van der Waals surface area contributed by atoms with Gasteiger partial charge < -0.3 is 55.5 Å². The number of pyridine rings is 1. The van der Waals surface area contributed by atoms with Crippen LogP contribution in [-0.2, 0) is 278 Å². The molecule has 0 unspecified atom stereocenters. The molecule has 3 aliphatic heterocycles. The molecule has 62 heavy (non-hydrogen) atoms. The SMILES string of the molecule is C=C1[C@H](C)C[C@@]2(C)OCC(=NOCc3ccc([CH2-])nc3)CO[C@H]([C@H]1C)[C@](C)(O)[C@@H](CC)OC(=O)[C-](C)C(=O)[C@H](C)[C@H]2O[C@@H]1O[C@H](C)C[C@H](N(C)C)[C@H]1OC.[3H][CH2-].[Y].[Y].[Y].[Y].[Y].[Y].[Y]. The normalized spacial score (nSPS) is 33.6. The minimum Gasteiger partial charge on any atom is -0.481 e. The zero-order valence-corrected chi connectivity index (χ0v) is 58.7. The van der Waals surface area contributed by atoms with Crippen molar-refractivity contribution in [2.45, 2.75) is 135 Å². The number of rotatable bonds is 8. The van der Waals surface area contributed by atoms with Gasteiger partial charge in [-0.25, -0.2) is 14.2 Å². The number of likely N-dealkylation sites (N-methyl/N-ethyl adjacent to an activating group) is 1. The van der Waals surface area contributed by atoms with Crippen LogP contribution in [-0.4, -0.2) is 121 Å². The number of hydrogen-bond donors (Lipinski definition) is 1. The van der Waals surface area contributed by atoms with Gasteiger partial charge in [-0.05, 0) is 65.6 Å². The van der Waals surface area contributed by atoms with E-state index in [0.717, 1.165) is 11.1 Å².